The molecule has 118 valence electrons. The number of primary amides is 1. The predicted octanol–water partition coefficient (Wildman–Crippen LogP) is 1.77. The molecule has 2 atom stereocenters. The third-order valence-electron chi connectivity index (χ3n) is 4.33. The lowest BCUT2D eigenvalue weighted by Gasteiger charge is -2.29. The molecule has 1 saturated carbocycles. The zero-order valence-electron chi connectivity index (χ0n) is 12.4. The number of nitrogens with two attached hydrogens (primary N) is 2. The van der Waals surface area contributed by atoms with Crippen LogP contribution in [0, 0.1) is 0 Å². The van der Waals surface area contributed by atoms with Crippen LogP contribution in [0.2, 0.25) is 0 Å². The summed E-state index contributed by atoms with van der Waals surface area (Å²) in [6.45, 7) is 2.06. The van der Waals surface area contributed by atoms with Crippen LogP contribution in [0.4, 0.5) is 0 Å². The number of benzene rings is 1. The lowest BCUT2D eigenvalue weighted by molar-refractivity contribution is 0.1000. The summed E-state index contributed by atoms with van der Waals surface area (Å²) in [6.07, 6.45) is 6.19. The first-order chi connectivity index (χ1) is 10.0. The number of hydrogen-bond donors (Lipinski definition) is 2. The van der Waals surface area contributed by atoms with Gasteiger partial charge in [-0.3, -0.25) is 4.79 Å². The van der Waals surface area contributed by atoms with Crippen LogP contribution in [0.25, 0.3) is 5.69 Å². The maximum absolute atomic E-state index is 11.8. The second kappa shape index (κ2) is 6.06. The average molecular weight is 322 g/mol. The van der Waals surface area contributed by atoms with Crippen molar-refractivity contribution in [3.63, 3.8) is 0 Å². The number of nitrogens with zero attached hydrogens (tertiary/aromatic N) is 3. The Morgan fingerprint density at radius 2 is 2.05 bits per heavy atom. The molecule has 1 aliphatic rings. The minimum Gasteiger partial charge on any atom is -0.366 e. The van der Waals surface area contributed by atoms with Gasteiger partial charge in [0.25, 0.3) is 5.91 Å². The first-order valence-corrected chi connectivity index (χ1v) is 7.09. The molecule has 1 fully saturated rings. The van der Waals surface area contributed by atoms with Crippen molar-refractivity contribution in [3.05, 3.63) is 41.7 Å². The van der Waals surface area contributed by atoms with E-state index in [-0.39, 0.29) is 23.9 Å². The van der Waals surface area contributed by atoms with Crippen molar-refractivity contribution in [2.24, 2.45) is 11.5 Å². The van der Waals surface area contributed by atoms with E-state index in [4.69, 9.17) is 11.5 Å². The molecule has 1 aromatic carbocycles. The third kappa shape index (κ3) is 2.71. The lowest BCUT2D eigenvalue weighted by atomic mass is 9.82. The molecule has 2 unspecified atom stereocenters. The number of amides is 1. The largest absolute Gasteiger partial charge is 0.366 e. The summed E-state index contributed by atoms with van der Waals surface area (Å²) in [4.78, 5) is 13.2. The predicted molar refractivity (Wildman–Crippen MR) is 86.3 cm³/mol. The molecule has 22 heavy (non-hydrogen) atoms. The maximum Gasteiger partial charge on any atom is 0.250 e. The molecular weight excluding hydrogens is 302 g/mol. The minimum atomic E-state index is -0.485. The minimum absolute atomic E-state index is 0. The number of carbonyl (C=O) groups excluding carboxylic acids is 1. The molecule has 0 spiro atoms. The van der Waals surface area contributed by atoms with Gasteiger partial charge in [-0.1, -0.05) is 18.6 Å². The van der Waals surface area contributed by atoms with E-state index >= 15 is 0 Å². The van der Waals surface area contributed by atoms with Crippen molar-refractivity contribution < 1.29 is 4.79 Å². The van der Waals surface area contributed by atoms with Gasteiger partial charge in [-0.2, -0.15) is 15.0 Å². The Morgan fingerprint density at radius 1 is 1.36 bits per heavy atom. The fourth-order valence-corrected chi connectivity index (χ4v) is 3.30. The summed E-state index contributed by atoms with van der Waals surface area (Å²) in [6, 6.07) is 5.54. The first kappa shape index (κ1) is 16.5. The zero-order valence-corrected chi connectivity index (χ0v) is 13.2. The number of hydrogen-bond acceptors (Lipinski definition) is 4. The molecule has 0 aliphatic heterocycles. The van der Waals surface area contributed by atoms with Gasteiger partial charge in [0, 0.05) is 11.5 Å². The van der Waals surface area contributed by atoms with E-state index in [1.54, 1.807) is 18.5 Å². The van der Waals surface area contributed by atoms with Crippen LogP contribution in [-0.2, 0) is 0 Å². The van der Waals surface area contributed by atoms with Gasteiger partial charge < -0.3 is 11.5 Å². The molecule has 7 heteroatoms. The Hall–Kier alpha value is -1.92. The van der Waals surface area contributed by atoms with Crippen LogP contribution in [0.3, 0.4) is 0 Å². The van der Waals surface area contributed by atoms with Crippen LogP contribution in [-0.4, -0.2) is 26.4 Å². The molecule has 1 aliphatic carbocycles. The Bertz CT molecular complexity index is 669. The van der Waals surface area contributed by atoms with Crippen molar-refractivity contribution in [2.45, 2.75) is 37.6 Å². The highest BCUT2D eigenvalue weighted by atomic mass is 35.5. The van der Waals surface area contributed by atoms with E-state index in [1.165, 1.54) is 4.80 Å². The SMILES string of the molecule is CC1(N)CCCC1c1cccc(C(N)=O)c1-n1nccn1.Cl. The Kier molecular flexibility index (Phi) is 4.53. The Balaban J connectivity index is 0.00000176. The Labute approximate surface area is 135 Å². The van der Waals surface area contributed by atoms with Crippen LogP contribution in [0.1, 0.15) is 48.0 Å². The maximum atomic E-state index is 11.8. The standard InChI is InChI=1S/C15H19N5O.ClH/c1-15(17)7-3-6-12(15)10-4-2-5-11(14(16)21)13(10)20-18-8-9-19-20;/h2,4-5,8-9,12H,3,6-7,17H2,1H3,(H2,16,21);1H. The van der Waals surface area contributed by atoms with Crippen molar-refractivity contribution in [1.29, 1.82) is 0 Å². The van der Waals surface area contributed by atoms with Crippen molar-refractivity contribution in [1.82, 2.24) is 15.0 Å². The van der Waals surface area contributed by atoms with Crippen molar-refractivity contribution in [3.8, 4) is 5.69 Å². The van der Waals surface area contributed by atoms with E-state index in [1.807, 2.05) is 12.1 Å². The second-order valence-corrected chi connectivity index (χ2v) is 5.88. The number of rotatable bonds is 3. The monoisotopic (exact) mass is 321 g/mol. The molecule has 3 rings (SSSR count). The van der Waals surface area contributed by atoms with E-state index in [0.717, 1.165) is 24.8 Å². The van der Waals surface area contributed by atoms with Crippen LogP contribution < -0.4 is 11.5 Å². The number of carbonyl (C=O) groups is 1. The number of halogens is 1. The van der Waals surface area contributed by atoms with Gasteiger partial charge in [0.15, 0.2) is 0 Å². The molecule has 6 nitrogen and oxygen atoms in total. The molecule has 1 heterocycles. The van der Waals surface area contributed by atoms with Crippen molar-refractivity contribution >= 4 is 18.3 Å². The van der Waals surface area contributed by atoms with E-state index in [2.05, 4.69) is 17.1 Å². The molecule has 0 radical (unpaired) electrons. The summed E-state index contributed by atoms with van der Waals surface area (Å²) in [5, 5.41) is 8.33. The topological polar surface area (TPSA) is 99.8 Å². The summed E-state index contributed by atoms with van der Waals surface area (Å²) < 4.78 is 0. The molecule has 0 saturated heterocycles. The number of aromatic nitrogens is 3. The molecule has 2 aromatic rings. The molecular formula is C15H20ClN5O. The smallest absolute Gasteiger partial charge is 0.250 e. The summed E-state index contributed by atoms with van der Waals surface area (Å²) in [5.41, 5.74) is 13.7. The highest BCUT2D eigenvalue weighted by molar-refractivity contribution is 5.97. The average Bonchev–Trinajstić information content (AvgIpc) is 3.06. The normalized spacial score (nSPS) is 24.0. The molecule has 4 N–H and O–H groups in total. The fourth-order valence-electron chi connectivity index (χ4n) is 3.30. The van der Waals surface area contributed by atoms with Crippen LogP contribution in [0.15, 0.2) is 30.6 Å². The van der Waals surface area contributed by atoms with Gasteiger partial charge in [0.1, 0.15) is 5.69 Å². The van der Waals surface area contributed by atoms with Gasteiger partial charge in [-0.15, -0.1) is 12.4 Å². The molecule has 1 amide bonds. The summed E-state index contributed by atoms with van der Waals surface area (Å²) >= 11 is 0. The highest BCUT2D eigenvalue weighted by Gasteiger charge is 2.38. The second-order valence-electron chi connectivity index (χ2n) is 5.88. The van der Waals surface area contributed by atoms with Gasteiger partial charge >= 0.3 is 0 Å². The fraction of sp³-hybridized carbons (Fsp3) is 0.400. The summed E-state index contributed by atoms with van der Waals surface area (Å²) in [5.74, 6) is -0.321. The van der Waals surface area contributed by atoms with Gasteiger partial charge in [-0.25, -0.2) is 0 Å². The quantitative estimate of drug-likeness (QED) is 0.899. The van der Waals surface area contributed by atoms with Crippen LogP contribution in [0.5, 0.6) is 0 Å². The van der Waals surface area contributed by atoms with Crippen LogP contribution >= 0.6 is 12.4 Å². The van der Waals surface area contributed by atoms with E-state index in [9.17, 15) is 4.79 Å². The molecule has 0 bridgehead atoms. The van der Waals surface area contributed by atoms with Gasteiger partial charge in [-0.05, 0) is 31.4 Å². The van der Waals surface area contributed by atoms with Crippen molar-refractivity contribution in [2.75, 3.05) is 0 Å². The number of para-hydroxylation sites is 1. The Morgan fingerprint density at radius 3 is 2.59 bits per heavy atom. The van der Waals surface area contributed by atoms with Gasteiger partial charge in [0.05, 0.1) is 18.0 Å². The molecule has 1 aromatic heterocycles. The highest BCUT2D eigenvalue weighted by Crippen LogP contribution is 2.43. The van der Waals surface area contributed by atoms with E-state index in [0.29, 0.717) is 11.3 Å². The zero-order chi connectivity index (χ0) is 15.0. The third-order valence-corrected chi connectivity index (χ3v) is 4.33. The lowest BCUT2D eigenvalue weighted by Crippen LogP contribution is -2.39. The van der Waals surface area contributed by atoms with Gasteiger partial charge in [0.2, 0.25) is 0 Å². The first-order valence-electron chi connectivity index (χ1n) is 7.09. The van der Waals surface area contributed by atoms with E-state index < -0.39 is 5.91 Å². The summed E-state index contributed by atoms with van der Waals surface area (Å²) in [7, 11) is 0.